The van der Waals surface area contributed by atoms with Crippen molar-refractivity contribution in [3.8, 4) is 0 Å². The van der Waals surface area contributed by atoms with Crippen molar-refractivity contribution in [2.24, 2.45) is 0 Å². The number of hydrogen-bond donors (Lipinski definition) is 0. The van der Waals surface area contributed by atoms with Gasteiger partial charge in [0.2, 0.25) is 0 Å². The van der Waals surface area contributed by atoms with Gasteiger partial charge in [-0.1, -0.05) is 24.3 Å². The Bertz CT molecular complexity index is 512. The minimum absolute atomic E-state index is 0.0581. The van der Waals surface area contributed by atoms with Crippen molar-refractivity contribution in [1.82, 2.24) is 0 Å². The third-order valence-corrected chi connectivity index (χ3v) is 2.30. The molecule has 0 fully saturated rings. The fourth-order valence-corrected chi connectivity index (χ4v) is 1.48. The second kappa shape index (κ2) is 5.00. The van der Waals surface area contributed by atoms with Gasteiger partial charge in [0.1, 0.15) is 11.7 Å². The highest BCUT2D eigenvalue weighted by molar-refractivity contribution is 6.08. The second-order valence-corrected chi connectivity index (χ2v) is 3.61. The smallest absolute Gasteiger partial charge is 0.299 e. The molecular weight excluding hydrogens is 247 g/mol. The quantitative estimate of drug-likeness (QED) is 0.615. The average molecular weight is 255 g/mol. The van der Waals surface area contributed by atoms with Gasteiger partial charge in [0.25, 0.3) is 5.78 Å². The molecule has 1 aromatic rings. The Morgan fingerprint density at radius 1 is 1.22 bits per heavy atom. The van der Waals surface area contributed by atoms with Crippen molar-refractivity contribution in [2.75, 3.05) is 0 Å². The molecule has 6 heteroatoms. The third-order valence-electron chi connectivity index (χ3n) is 2.30. The molecule has 1 atom stereocenters. The van der Waals surface area contributed by atoms with Crippen LogP contribution in [-0.4, -0.2) is 17.7 Å². The number of benzene rings is 1. The Balaban J connectivity index is 3.18. The van der Waals surface area contributed by atoms with Crippen LogP contribution in [0, 0.1) is 6.57 Å². The number of carbonyl (C=O) groups excluding carboxylic acids is 2. The Morgan fingerprint density at radius 3 is 2.06 bits per heavy atom. The topological polar surface area (TPSA) is 38.5 Å². The summed E-state index contributed by atoms with van der Waals surface area (Å²) in [6, 6.07) is 4.90. The van der Waals surface area contributed by atoms with Crippen LogP contribution in [-0.2, 0) is 9.59 Å². The molecular formula is C12H8F3NO2. The zero-order chi connectivity index (χ0) is 13.9. The van der Waals surface area contributed by atoms with E-state index in [1.807, 2.05) is 0 Å². The molecule has 0 radical (unpaired) electrons. The van der Waals surface area contributed by atoms with Crippen LogP contribution in [0.15, 0.2) is 24.3 Å². The van der Waals surface area contributed by atoms with E-state index in [4.69, 9.17) is 6.57 Å². The zero-order valence-electron chi connectivity index (χ0n) is 9.28. The van der Waals surface area contributed by atoms with Crippen molar-refractivity contribution >= 4 is 17.3 Å². The summed E-state index contributed by atoms with van der Waals surface area (Å²) in [6.45, 7) is 7.63. The molecule has 0 saturated carbocycles. The molecule has 1 unspecified atom stereocenters. The molecule has 1 aromatic carbocycles. The molecule has 0 N–H and O–H groups in total. The minimum atomic E-state index is -5.06. The highest BCUT2D eigenvalue weighted by Gasteiger charge is 2.45. The van der Waals surface area contributed by atoms with Gasteiger partial charge in [-0.3, -0.25) is 9.59 Å². The summed E-state index contributed by atoms with van der Waals surface area (Å²) in [4.78, 5) is 25.4. The lowest BCUT2D eigenvalue weighted by atomic mass is 9.91. The molecule has 0 saturated heterocycles. The number of Topliss-reactive ketones (excluding diaryl/α,β-unsaturated/α-hetero) is 2. The normalized spacial score (nSPS) is 12.6. The standard InChI is InChI=1S/C12H8F3NO2/c1-7(17)10(11(18)12(13,14)15)8-3-5-9(16-2)6-4-8/h3-6,10H,1H3. The lowest BCUT2D eigenvalue weighted by molar-refractivity contribution is -0.173. The van der Waals surface area contributed by atoms with Crippen molar-refractivity contribution < 1.29 is 22.8 Å². The molecule has 94 valence electrons. The van der Waals surface area contributed by atoms with Gasteiger partial charge >= 0.3 is 6.18 Å². The number of nitrogens with zero attached hydrogens (tertiary/aromatic N) is 1. The predicted molar refractivity (Wildman–Crippen MR) is 57.2 cm³/mol. The number of carbonyl (C=O) groups is 2. The number of ketones is 2. The summed E-state index contributed by atoms with van der Waals surface area (Å²) in [5, 5.41) is 0. The van der Waals surface area contributed by atoms with Crippen molar-refractivity contribution in [3.05, 3.63) is 41.2 Å². The van der Waals surface area contributed by atoms with Gasteiger partial charge in [-0.05, 0) is 12.5 Å². The van der Waals surface area contributed by atoms with Crippen molar-refractivity contribution in [2.45, 2.75) is 19.0 Å². The fourth-order valence-electron chi connectivity index (χ4n) is 1.48. The highest BCUT2D eigenvalue weighted by Crippen LogP contribution is 2.29. The summed E-state index contributed by atoms with van der Waals surface area (Å²) >= 11 is 0. The zero-order valence-corrected chi connectivity index (χ0v) is 9.28. The van der Waals surface area contributed by atoms with Crippen LogP contribution in [0.5, 0.6) is 0 Å². The maximum atomic E-state index is 12.3. The molecule has 1 rings (SSSR count). The Hall–Kier alpha value is -2.16. The monoisotopic (exact) mass is 255 g/mol. The van der Waals surface area contributed by atoms with Crippen molar-refractivity contribution in [1.29, 1.82) is 0 Å². The summed E-state index contributed by atoms with van der Waals surface area (Å²) in [5.74, 6) is -4.83. The lowest BCUT2D eigenvalue weighted by Gasteiger charge is -2.15. The van der Waals surface area contributed by atoms with E-state index in [0.717, 1.165) is 6.92 Å². The number of rotatable bonds is 3. The number of halogens is 3. The van der Waals surface area contributed by atoms with Crippen LogP contribution in [0.3, 0.4) is 0 Å². The summed E-state index contributed by atoms with van der Waals surface area (Å²) in [5.41, 5.74) is 0.165. The molecule has 0 amide bonds. The van der Waals surface area contributed by atoms with Crippen LogP contribution in [0.1, 0.15) is 18.4 Å². The SMILES string of the molecule is [C-]#[N+]c1ccc(C(C(C)=O)C(=O)C(F)(F)F)cc1. The molecule has 0 aliphatic carbocycles. The third kappa shape index (κ3) is 2.94. The van der Waals surface area contributed by atoms with E-state index in [-0.39, 0.29) is 11.3 Å². The van der Waals surface area contributed by atoms with Gasteiger partial charge < -0.3 is 0 Å². The van der Waals surface area contributed by atoms with E-state index in [1.54, 1.807) is 0 Å². The molecule has 0 aliphatic heterocycles. The minimum Gasteiger partial charge on any atom is -0.299 e. The van der Waals surface area contributed by atoms with E-state index in [9.17, 15) is 22.8 Å². The van der Waals surface area contributed by atoms with Crippen LogP contribution >= 0.6 is 0 Å². The molecule has 0 bridgehead atoms. The Morgan fingerprint density at radius 2 is 1.72 bits per heavy atom. The first-order valence-electron chi connectivity index (χ1n) is 4.86. The molecule has 3 nitrogen and oxygen atoms in total. The van der Waals surface area contributed by atoms with Gasteiger partial charge in [0, 0.05) is 0 Å². The highest BCUT2D eigenvalue weighted by atomic mass is 19.4. The molecule has 0 aliphatic rings. The summed E-state index contributed by atoms with van der Waals surface area (Å²) in [7, 11) is 0. The van der Waals surface area contributed by atoms with E-state index < -0.39 is 23.7 Å². The average Bonchev–Trinajstić information content (AvgIpc) is 2.28. The largest absolute Gasteiger partial charge is 0.451 e. The van der Waals surface area contributed by atoms with Crippen molar-refractivity contribution in [3.63, 3.8) is 0 Å². The Labute approximate surface area is 101 Å². The van der Waals surface area contributed by atoms with Gasteiger partial charge in [0.05, 0.1) is 6.57 Å². The summed E-state index contributed by atoms with van der Waals surface area (Å²) < 4.78 is 37.0. The van der Waals surface area contributed by atoms with Gasteiger partial charge in [-0.2, -0.15) is 13.2 Å². The molecule has 18 heavy (non-hydrogen) atoms. The Kier molecular flexibility index (Phi) is 3.86. The van der Waals surface area contributed by atoms with Gasteiger partial charge in [-0.15, -0.1) is 0 Å². The maximum absolute atomic E-state index is 12.3. The van der Waals surface area contributed by atoms with E-state index in [1.165, 1.54) is 24.3 Å². The van der Waals surface area contributed by atoms with E-state index in [0.29, 0.717) is 0 Å². The van der Waals surface area contributed by atoms with Crippen LogP contribution in [0.25, 0.3) is 4.85 Å². The first kappa shape index (κ1) is 13.9. The second-order valence-electron chi connectivity index (χ2n) is 3.61. The van der Waals surface area contributed by atoms with Crippen LogP contribution in [0.2, 0.25) is 0 Å². The van der Waals surface area contributed by atoms with Gasteiger partial charge in [-0.25, -0.2) is 4.85 Å². The summed E-state index contributed by atoms with van der Waals surface area (Å²) in [6.07, 6.45) is -5.06. The number of hydrogen-bond acceptors (Lipinski definition) is 2. The predicted octanol–water partition coefficient (Wildman–Crippen LogP) is 3.04. The molecule has 0 heterocycles. The first-order chi connectivity index (χ1) is 8.27. The first-order valence-corrected chi connectivity index (χ1v) is 4.86. The fraction of sp³-hybridized carbons (Fsp3) is 0.250. The molecule has 0 spiro atoms. The van der Waals surface area contributed by atoms with E-state index >= 15 is 0 Å². The van der Waals surface area contributed by atoms with E-state index in [2.05, 4.69) is 4.85 Å². The number of alkyl halides is 3. The van der Waals surface area contributed by atoms with Crippen LogP contribution < -0.4 is 0 Å². The van der Waals surface area contributed by atoms with Gasteiger partial charge in [0.15, 0.2) is 5.69 Å². The lowest BCUT2D eigenvalue weighted by Crippen LogP contribution is -2.32. The van der Waals surface area contributed by atoms with Crippen LogP contribution in [0.4, 0.5) is 18.9 Å². The maximum Gasteiger partial charge on any atom is 0.451 e. The molecule has 0 aromatic heterocycles.